The molecule has 0 spiro atoms. The molecule has 0 bridgehead atoms. The summed E-state index contributed by atoms with van der Waals surface area (Å²) in [7, 11) is 0. The summed E-state index contributed by atoms with van der Waals surface area (Å²) in [4.78, 5) is 34.6. The van der Waals surface area contributed by atoms with Crippen molar-refractivity contribution in [2.45, 2.75) is 38.5 Å². The van der Waals surface area contributed by atoms with E-state index in [0.717, 1.165) is 31.5 Å². The number of amides is 2. The van der Waals surface area contributed by atoms with Crippen LogP contribution in [0.3, 0.4) is 0 Å². The molecule has 2 amide bonds. The highest BCUT2D eigenvalue weighted by Crippen LogP contribution is 2.47. The molecule has 8 heteroatoms. The molecule has 5 rings (SSSR count). The minimum atomic E-state index is -0.142. The van der Waals surface area contributed by atoms with Gasteiger partial charge in [0.25, 0.3) is 0 Å². The first-order valence-electron chi connectivity index (χ1n) is 12.5. The highest BCUT2D eigenvalue weighted by atomic mass is 35.5. The van der Waals surface area contributed by atoms with Crippen molar-refractivity contribution in [3.05, 3.63) is 58.2 Å². The Kier molecular flexibility index (Phi) is 6.95. The smallest absolute Gasteiger partial charge is 0.228 e. The zero-order valence-corrected chi connectivity index (χ0v) is 21.6. The van der Waals surface area contributed by atoms with Crippen LogP contribution in [0.5, 0.6) is 0 Å². The maximum absolute atomic E-state index is 13.5. The number of aromatic nitrogens is 1. The van der Waals surface area contributed by atoms with E-state index in [1.165, 1.54) is 5.56 Å². The molecule has 2 unspecified atom stereocenters. The van der Waals surface area contributed by atoms with Gasteiger partial charge in [-0.15, -0.1) is 0 Å². The van der Waals surface area contributed by atoms with Gasteiger partial charge in [-0.2, -0.15) is 0 Å². The number of hydrogen-bond acceptors (Lipinski definition) is 4. The van der Waals surface area contributed by atoms with Gasteiger partial charge in [-0.25, -0.2) is 4.98 Å². The molecular formula is C27H32Cl2N4O2. The van der Waals surface area contributed by atoms with Gasteiger partial charge in [0.15, 0.2) is 0 Å². The molecule has 1 aliphatic carbocycles. The third-order valence-corrected chi connectivity index (χ3v) is 8.45. The van der Waals surface area contributed by atoms with Gasteiger partial charge in [-0.1, -0.05) is 42.3 Å². The summed E-state index contributed by atoms with van der Waals surface area (Å²) in [5.74, 6) is 1.72. The van der Waals surface area contributed by atoms with Crippen LogP contribution in [-0.2, 0) is 9.59 Å². The van der Waals surface area contributed by atoms with Crippen molar-refractivity contribution in [1.82, 2.24) is 14.8 Å². The van der Waals surface area contributed by atoms with E-state index in [1.807, 2.05) is 34.1 Å². The fraction of sp³-hybridized carbons (Fsp3) is 0.519. The number of nitrogens with zero attached hydrogens (tertiary/aromatic N) is 3. The Morgan fingerprint density at radius 3 is 2.31 bits per heavy atom. The summed E-state index contributed by atoms with van der Waals surface area (Å²) >= 11 is 12.1. The third-order valence-electron chi connectivity index (χ3n) is 7.97. The van der Waals surface area contributed by atoms with Crippen LogP contribution >= 0.6 is 23.2 Å². The number of hydrogen-bond donors (Lipinski definition) is 1. The van der Waals surface area contributed by atoms with Crippen LogP contribution in [0.2, 0.25) is 10.0 Å². The largest absolute Gasteiger partial charge is 0.370 e. The number of likely N-dealkylation sites (tertiary alicyclic amines) is 2. The van der Waals surface area contributed by atoms with Crippen LogP contribution in [0.1, 0.15) is 44.1 Å². The fourth-order valence-corrected chi connectivity index (χ4v) is 5.67. The first kappa shape index (κ1) is 24.4. The van der Waals surface area contributed by atoms with Crippen LogP contribution in [-0.4, -0.2) is 59.3 Å². The topological polar surface area (TPSA) is 65.5 Å². The molecule has 2 aliphatic heterocycles. The van der Waals surface area contributed by atoms with Crippen molar-refractivity contribution in [3.63, 3.8) is 0 Å². The molecule has 1 N–H and O–H groups in total. The Hall–Kier alpha value is -2.31. The van der Waals surface area contributed by atoms with E-state index in [4.69, 9.17) is 23.2 Å². The molecule has 2 atom stereocenters. The highest BCUT2D eigenvalue weighted by Gasteiger charge is 2.48. The van der Waals surface area contributed by atoms with Gasteiger partial charge >= 0.3 is 0 Å². The van der Waals surface area contributed by atoms with Crippen LogP contribution in [0, 0.1) is 17.3 Å². The second-order valence-electron chi connectivity index (χ2n) is 10.5. The number of carbonyl (C=O) groups excluding carboxylic acids is 2. The minimum Gasteiger partial charge on any atom is -0.370 e. The van der Waals surface area contributed by atoms with Gasteiger partial charge in [-0.05, 0) is 55.5 Å². The molecule has 1 saturated carbocycles. The van der Waals surface area contributed by atoms with Crippen molar-refractivity contribution in [3.8, 4) is 0 Å². The van der Waals surface area contributed by atoms with Crippen molar-refractivity contribution < 1.29 is 9.59 Å². The molecule has 2 saturated heterocycles. The first-order chi connectivity index (χ1) is 16.8. The van der Waals surface area contributed by atoms with Gasteiger partial charge in [-0.3, -0.25) is 9.59 Å². The Morgan fingerprint density at radius 1 is 1.00 bits per heavy atom. The van der Waals surface area contributed by atoms with Crippen LogP contribution in [0.4, 0.5) is 5.82 Å². The predicted octanol–water partition coefficient (Wildman–Crippen LogP) is 5.08. The van der Waals surface area contributed by atoms with Gasteiger partial charge in [0.05, 0.1) is 5.02 Å². The normalized spacial score (nSPS) is 23.9. The zero-order chi connectivity index (χ0) is 24.6. The third kappa shape index (κ3) is 5.44. The summed E-state index contributed by atoms with van der Waals surface area (Å²) in [5, 5.41) is 4.74. The van der Waals surface area contributed by atoms with Crippen LogP contribution < -0.4 is 5.32 Å². The van der Waals surface area contributed by atoms with Crippen LogP contribution in [0.15, 0.2) is 42.6 Å². The highest BCUT2D eigenvalue weighted by molar-refractivity contribution is 6.30. The van der Waals surface area contributed by atoms with Gasteiger partial charge in [0.2, 0.25) is 11.8 Å². The van der Waals surface area contributed by atoms with E-state index in [9.17, 15) is 9.59 Å². The molecular weight excluding hydrogens is 483 g/mol. The average molecular weight is 515 g/mol. The molecule has 1 aromatic carbocycles. The minimum absolute atomic E-state index is 0.0124. The number of carbonyl (C=O) groups is 2. The van der Waals surface area contributed by atoms with E-state index in [2.05, 4.69) is 29.4 Å². The van der Waals surface area contributed by atoms with E-state index in [-0.39, 0.29) is 35.0 Å². The van der Waals surface area contributed by atoms with Crippen molar-refractivity contribution in [1.29, 1.82) is 0 Å². The van der Waals surface area contributed by atoms with Crippen LogP contribution in [0.25, 0.3) is 0 Å². The Bertz CT molecular complexity index is 1060. The lowest BCUT2D eigenvalue weighted by atomic mass is 9.89. The molecule has 35 heavy (non-hydrogen) atoms. The lowest BCUT2D eigenvalue weighted by Crippen LogP contribution is -2.45. The molecule has 3 aliphatic rings. The summed E-state index contributed by atoms with van der Waals surface area (Å²) in [5.41, 5.74) is 1.05. The SMILES string of the molecule is CC1(C(=O)N2CCC(C(=O)N3CC(CNc4ccc(Cl)cn4)C(c4ccc(Cl)cc4)C3)CC2)CC1. The number of anilines is 1. The van der Waals surface area contributed by atoms with Gasteiger partial charge < -0.3 is 15.1 Å². The summed E-state index contributed by atoms with van der Waals surface area (Å²) in [6.07, 6.45) is 5.11. The lowest BCUT2D eigenvalue weighted by Gasteiger charge is -2.34. The molecule has 3 fully saturated rings. The monoisotopic (exact) mass is 514 g/mol. The number of pyridine rings is 1. The zero-order valence-electron chi connectivity index (χ0n) is 20.1. The van der Waals surface area contributed by atoms with Gasteiger partial charge in [0, 0.05) is 67.1 Å². The Labute approximate surface area is 217 Å². The van der Waals surface area contributed by atoms with E-state index >= 15 is 0 Å². The van der Waals surface area contributed by atoms with Crippen molar-refractivity contribution >= 4 is 40.8 Å². The first-order valence-corrected chi connectivity index (χ1v) is 13.3. The number of rotatable bonds is 6. The molecule has 3 heterocycles. The van der Waals surface area contributed by atoms with E-state index in [1.54, 1.807) is 6.20 Å². The lowest BCUT2D eigenvalue weighted by molar-refractivity contribution is -0.142. The van der Waals surface area contributed by atoms with E-state index in [0.29, 0.717) is 42.8 Å². The van der Waals surface area contributed by atoms with Crippen molar-refractivity contribution in [2.75, 3.05) is 38.0 Å². The molecule has 1 aromatic heterocycles. The second-order valence-corrected chi connectivity index (χ2v) is 11.4. The van der Waals surface area contributed by atoms with Gasteiger partial charge in [0.1, 0.15) is 5.82 Å². The second kappa shape index (κ2) is 9.98. The average Bonchev–Trinajstić information content (AvgIpc) is 3.49. The molecule has 6 nitrogen and oxygen atoms in total. The van der Waals surface area contributed by atoms with Crippen molar-refractivity contribution in [2.24, 2.45) is 17.3 Å². The number of nitrogens with one attached hydrogen (secondary N) is 1. The standard InChI is InChI=1S/C27H32Cl2N4O2/c1-27(10-11-27)26(35)32-12-8-19(9-13-32)25(34)33-16-20(14-30-24-7-6-22(29)15-31-24)23(17-33)18-2-4-21(28)5-3-18/h2-7,15,19-20,23H,8-14,16-17H2,1H3,(H,30,31). The fourth-order valence-electron chi connectivity index (χ4n) is 5.43. The maximum Gasteiger partial charge on any atom is 0.228 e. The predicted molar refractivity (Wildman–Crippen MR) is 139 cm³/mol. The molecule has 2 aromatic rings. The summed E-state index contributed by atoms with van der Waals surface area (Å²) in [6.45, 7) is 5.53. The number of halogens is 2. The quantitative estimate of drug-likeness (QED) is 0.583. The maximum atomic E-state index is 13.5. The molecule has 186 valence electrons. The molecule has 0 radical (unpaired) electrons. The Morgan fingerprint density at radius 2 is 1.69 bits per heavy atom. The number of benzene rings is 1. The van der Waals surface area contributed by atoms with E-state index < -0.39 is 0 Å². The Balaban J connectivity index is 1.24. The summed E-state index contributed by atoms with van der Waals surface area (Å²) in [6, 6.07) is 11.7. The summed E-state index contributed by atoms with van der Waals surface area (Å²) < 4.78 is 0. The number of piperidine rings is 1.